The van der Waals surface area contributed by atoms with E-state index in [4.69, 9.17) is 0 Å². The first-order chi connectivity index (χ1) is 7.93. The highest BCUT2D eigenvalue weighted by Crippen LogP contribution is 2.33. The summed E-state index contributed by atoms with van der Waals surface area (Å²) >= 11 is 0. The van der Waals surface area contributed by atoms with Crippen LogP contribution in [0.2, 0.25) is 0 Å². The van der Waals surface area contributed by atoms with Gasteiger partial charge in [0, 0.05) is 12.7 Å². The maximum absolute atomic E-state index is 3.36. The van der Waals surface area contributed by atoms with Crippen LogP contribution in [0.15, 0.2) is 18.2 Å². The average Bonchev–Trinajstić information content (AvgIpc) is 2.29. The first-order valence-electron chi connectivity index (χ1n) is 6.76. The zero-order valence-corrected chi connectivity index (χ0v) is 12.2. The third-order valence-electron chi connectivity index (χ3n) is 3.61. The zero-order valence-electron chi connectivity index (χ0n) is 12.2. The van der Waals surface area contributed by atoms with Gasteiger partial charge in [-0.25, -0.2) is 0 Å². The van der Waals surface area contributed by atoms with Crippen LogP contribution in [0.1, 0.15) is 64.5 Å². The number of hydrogen-bond acceptors (Lipinski definition) is 1. The van der Waals surface area contributed by atoms with E-state index in [0.29, 0.717) is 5.92 Å². The van der Waals surface area contributed by atoms with Gasteiger partial charge in [0.1, 0.15) is 0 Å². The molecule has 1 N–H and O–H groups in total. The van der Waals surface area contributed by atoms with Gasteiger partial charge in [-0.05, 0) is 41.4 Å². The molecule has 0 fully saturated rings. The van der Waals surface area contributed by atoms with Crippen molar-refractivity contribution < 1.29 is 0 Å². The zero-order chi connectivity index (χ0) is 13.1. The number of nitrogens with one attached hydrogen (secondary N) is 1. The summed E-state index contributed by atoms with van der Waals surface area (Å²) in [5, 5.41) is 3.36. The lowest BCUT2D eigenvalue weighted by Gasteiger charge is -2.23. The summed E-state index contributed by atoms with van der Waals surface area (Å²) in [5.74, 6) is 0.673. The normalized spacial score (nSPS) is 11.9. The molecule has 0 spiro atoms. The van der Waals surface area contributed by atoms with Crippen molar-refractivity contribution in [3.63, 3.8) is 0 Å². The minimum absolute atomic E-state index is 0.220. The van der Waals surface area contributed by atoms with Gasteiger partial charge in [-0.15, -0.1) is 0 Å². The van der Waals surface area contributed by atoms with E-state index in [9.17, 15) is 0 Å². The molecule has 0 heterocycles. The van der Waals surface area contributed by atoms with Crippen LogP contribution in [0.4, 0.5) is 5.69 Å². The van der Waals surface area contributed by atoms with Crippen molar-refractivity contribution in [3.8, 4) is 0 Å². The van der Waals surface area contributed by atoms with Crippen LogP contribution in [-0.4, -0.2) is 7.05 Å². The van der Waals surface area contributed by atoms with Gasteiger partial charge in [0.25, 0.3) is 0 Å². The maximum Gasteiger partial charge on any atom is 0.0375 e. The Morgan fingerprint density at radius 3 is 2.12 bits per heavy atom. The van der Waals surface area contributed by atoms with Crippen molar-refractivity contribution in [2.75, 3.05) is 12.4 Å². The topological polar surface area (TPSA) is 12.0 Å². The van der Waals surface area contributed by atoms with Crippen molar-refractivity contribution in [2.45, 2.75) is 58.8 Å². The molecule has 1 nitrogen and oxygen atoms in total. The highest BCUT2D eigenvalue weighted by molar-refractivity contribution is 5.55. The predicted octanol–water partition coefficient (Wildman–Crippen LogP) is 4.93. The van der Waals surface area contributed by atoms with Crippen molar-refractivity contribution in [2.24, 2.45) is 0 Å². The molecule has 0 saturated carbocycles. The molecule has 1 aromatic carbocycles. The molecule has 0 aliphatic rings. The van der Waals surface area contributed by atoms with Crippen molar-refractivity contribution >= 4 is 5.69 Å². The van der Waals surface area contributed by atoms with Gasteiger partial charge < -0.3 is 5.32 Å². The lowest BCUT2D eigenvalue weighted by Crippen LogP contribution is -2.12. The lowest BCUT2D eigenvalue weighted by molar-refractivity contribution is 0.588. The summed E-state index contributed by atoms with van der Waals surface area (Å²) in [4.78, 5) is 0. The van der Waals surface area contributed by atoms with Crippen LogP contribution >= 0.6 is 0 Å². The molecule has 0 saturated heterocycles. The molecule has 0 aliphatic heterocycles. The Morgan fingerprint density at radius 2 is 1.71 bits per heavy atom. The van der Waals surface area contributed by atoms with Gasteiger partial charge in [0.15, 0.2) is 0 Å². The van der Waals surface area contributed by atoms with E-state index in [1.54, 1.807) is 0 Å². The second-order valence-electron chi connectivity index (χ2n) is 5.82. The van der Waals surface area contributed by atoms with Gasteiger partial charge in [-0.1, -0.05) is 46.8 Å². The van der Waals surface area contributed by atoms with Gasteiger partial charge in [0.05, 0.1) is 0 Å². The van der Waals surface area contributed by atoms with Crippen molar-refractivity contribution in [3.05, 3.63) is 29.3 Å². The summed E-state index contributed by atoms with van der Waals surface area (Å²) < 4.78 is 0. The van der Waals surface area contributed by atoms with Gasteiger partial charge in [-0.3, -0.25) is 0 Å². The third kappa shape index (κ3) is 3.24. The second kappa shape index (κ2) is 5.57. The Hall–Kier alpha value is -0.980. The fourth-order valence-corrected chi connectivity index (χ4v) is 2.32. The minimum Gasteiger partial charge on any atom is -0.388 e. The summed E-state index contributed by atoms with van der Waals surface area (Å²) in [6.07, 6.45) is 2.42. The highest BCUT2D eigenvalue weighted by atomic mass is 14.8. The molecule has 17 heavy (non-hydrogen) atoms. The van der Waals surface area contributed by atoms with Crippen molar-refractivity contribution in [1.29, 1.82) is 0 Å². The molecule has 0 amide bonds. The third-order valence-corrected chi connectivity index (χ3v) is 3.61. The summed E-state index contributed by atoms with van der Waals surface area (Å²) in [6.45, 7) is 11.3. The molecule has 1 heteroatoms. The summed E-state index contributed by atoms with van der Waals surface area (Å²) in [6, 6.07) is 6.91. The molecule has 1 aromatic rings. The predicted molar refractivity (Wildman–Crippen MR) is 78.0 cm³/mol. The van der Waals surface area contributed by atoms with E-state index >= 15 is 0 Å². The molecule has 1 rings (SSSR count). The fraction of sp³-hybridized carbons (Fsp3) is 0.625. The second-order valence-corrected chi connectivity index (χ2v) is 5.82. The van der Waals surface area contributed by atoms with Gasteiger partial charge in [-0.2, -0.15) is 0 Å². The van der Waals surface area contributed by atoms with E-state index in [1.807, 2.05) is 7.05 Å². The Labute approximate surface area is 107 Å². The molecule has 0 bridgehead atoms. The monoisotopic (exact) mass is 233 g/mol. The molecular weight excluding hydrogens is 206 g/mol. The molecule has 96 valence electrons. The van der Waals surface area contributed by atoms with Crippen LogP contribution in [0, 0.1) is 0 Å². The Balaban J connectivity index is 3.18. The van der Waals surface area contributed by atoms with Crippen LogP contribution < -0.4 is 5.32 Å². The van der Waals surface area contributed by atoms with E-state index in [0.717, 1.165) is 0 Å². The maximum atomic E-state index is 3.36. The van der Waals surface area contributed by atoms with Crippen LogP contribution in [0.5, 0.6) is 0 Å². The SMILES string of the molecule is CCC(CC)c1ccc(C(C)(C)C)cc1NC. The smallest absolute Gasteiger partial charge is 0.0375 e. The summed E-state index contributed by atoms with van der Waals surface area (Å²) in [7, 11) is 2.02. The van der Waals surface area contributed by atoms with E-state index in [-0.39, 0.29) is 5.41 Å². The van der Waals surface area contributed by atoms with E-state index in [1.165, 1.54) is 29.7 Å². The van der Waals surface area contributed by atoms with E-state index in [2.05, 4.69) is 58.1 Å². The molecule has 0 aliphatic carbocycles. The molecular formula is C16H27N. The first-order valence-corrected chi connectivity index (χ1v) is 6.76. The standard InChI is InChI=1S/C16H27N/c1-7-12(8-2)14-10-9-13(16(3,4)5)11-15(14)17-6/h9-12,17H,7-8H2,1-6H3. The highest BCUT2D eigenvalue weighted by Gasteiger charge is 2.17. The molecule has 0 aromatic heterocycles. The lowest BCUT2D eigenvalue weighted by atomic mass is 9.84. The Kier molecular flexibility index (Phi) is 4.62. The Morgan fingerprint density at radius 1 is 1.12 bits per heavy atom. The minimum atomic E-state index is 0.220. The molecule has 0 atom stereocenters. The quantitative estimate of drug-likeness (QED) is 0.777. The number of rotatable bonds is 4. The number of benzene rings is 1. The summed E-state index contributed by atoms with van der Waals surface area (Å²) in [5.41, 5.74) is 4.38. The fourth-order valence-electron chi connectivity index (χ4n) is 2.32. The van der Waals surface area contributed by atoms with Crippen LogP contribution in [0.25, 0.3) is 0 Å². The number of anilines is 1. The van der Waals surface area contributed by atoms with Crippen LogP contribution in [0.3, 0.4) is 0 Å². The largest absolute Gasteiger partial charge is 0.388 e. The Bertz CT molecular complexity index is 356. The van der Waals surface area contributed by atoms with Crippen LogP contribution in [-0.2, 0) is 5.41 Å². The van der Waals surface area contributed by atoms with E-state index < -0.39 is 0 Å². The number of hydrogen-bond donors (Lipinski definition) is 1. The molecule has 0 radical (unpaired) electrons. The van der Waals surface area contributed by atoms with Crippen molar-refractivity contribution in [1.82, 2.24) is 0 Å². The average molecular weight is 233 g/mol. The first kappa shape index (κ1) is 14.1. The van der Waals surface area contributed by atoms with Gasteiger partial charge >= 0.3 is 0 Å². The molecule has 0 unspecified atom stereocenters. The van der Waals surface area contributed by atoms with Gasteiger partial charge in [0.2, 0.25) is 0 Å².